The Kier molecular flexibility index (Phi) is 3.05. The van der Waals surface area contributed by atoms with E-state index in [1.165, 1.54) is 18.3 Å². The van der Waals surface area contributed by atoms with Crippen LogP contribution in [0.2, 0.25) is 0 Å². The van der Waals surface area contributed by atoms with Gasteiger partial charge in [-0.15, -0.1) is 11.3 Å². The molecule has 1 aromatic heterocycles. The van der Waals surface area contributed by atoms with Crippen LogP contribution in [0.1, 0.15) is 26.3 Å². The van der Waals surface area contributed by atoms with Crippen LogP contribution >= 0.6 is 11.3 Å². The van der Waals surface area contributed by atoms with E-state index in [9.17, 15) is 14.0 Å². The molecular formula is C11H12FNO2S. The molecule has 1 aromatic rings. The Bertz CT molecular complexity index is 423. The van der Waals surface area contributed by atoms with Crippen molar-refractivity contribution in [2.45, 2.75) is 6.92 Å². The molecule has 16 heavy (non-hydrogen) atoms. The zero-order chi connectivity index (χ0) is 11.7. The average molecular weight is 241 g/mol. The summed E-state index contributed by atoms with van der Waals surface area (Å²) in [6.45, 7) is 2.08. The second kappa shape index (κ2) is 4.33. The molecule has 0 bridgehead atoms. The van der Waals surface area contributed by atoms with E-state index in [4.69, 9.17) is 0 Å². The number of likely N-dealkylation sites (tertiary alicyclic amines) is 1. The number of halogens is 1. The Morgan fingerprint density at radius 2 is 2.06 bits per heavy atom. The molecule has 0 aromatic carbocycles. The second-order valence-electron chi connectivity index (χ2n) is 3.95. The Morgan fingerprint density at radius 1 is 1.44 bits per heavy atom. The Balaban J connectivity index is 2.02. The van der Waals surface area contributed by atoms with Gasteiger partial charge in [0.15, 0.2) is 5.78 Å². The van der Waals surface area contributed by atoms with Crippen LogP contribution < -0.4 is 0 Å². The lowest BCUT2D eigenvalue weighted by atomic mass is 10.0. The van der Waals surface area contributed by atoms with Crippen LogP contribution in [0.3, 0.4) is 0 Å². The summed E-state index contributed by atoms with van der Waals surface area (Å²) in [5, 5.41) is 0. The second-order valence-corrected chi connectivity index (χ2v) is 5.03. The van der Waals surface area contributed by atoms with E-state index in [1.807, 2.05) is 0 Å². The first-order valence-corrected chi connectivity index (χ1v) is 5.89. The van der Waals surface area contributed by atoms with Crippen LogP contribution in [0.4, 0.5) is 4.39 Å². The Morgan fingerprint density at radius 3 is 2.56 bits per heavy atom. The van der Waals surface area contributed by atoms with Crippen molar-refractivity contribution in [2.24, 2.45) is 5.92 Å². The standard InChI is InChI=1S/C11H12FNO2S/c1-7(14)9-2-3-10(16-9)11(15)13-5-8(4-12)6-13/h2-3,8H,4-6H2,1H3. The fourth-order valence-electron chi connectivity index (χ4n) is 1.63. The predicted octanol–water partition coefficient (Wildman–Crippen LogP) is 1.99. The fraction of sp³-hybridized carbons (Fsp3) is 0.455. The summed E-state index contributed by atoms with van der Waals surface area (Å²) in [6, 6.07) is 3.32. The number of rotatable bonds is 3. The number of nitrogens with zero attached hydrogens (tertiary/aromatic N) is 1. The largest absolute Gasteiger partial charge is 0.337 e. The van der Waals surface area contributed by atoms with Crippen LogP contribution in [0.15, 0.2) is 12.1 Å². The molecule has 0 N–H and O–H groups in total. The number of Topliss-reactive ketones (excluding diaryl/α,β-unsaturated/α-hetero) is 1. The summed E-state index contributed by atoms with van der Waals surface area (Å²) in [7, 11) is 0. The van der Waals surface area contributed by atoms with Crippen molar-refractivity contribution < 1.29 is 14.0 Å². The van der Waals surface area contributed by atoms with Gasteiger partial charge in [-0.2, -0.15) is 0 Å². The zero-order valence-electron chi connectivity index (χ0n) is 8.90. The summed E-state index contributed by atoms with van der Waals surface area (Å²) in [5.74, 6) is -0.132. The third kappa shape index (κ3) is 2.00. The molecule has 86 valence electrons. The number of alkyl halides is 1. The monoisotopic (exact) mass is 241 g/mol. The molecule has 1 saturated heterocycles. The molecule has 2 heterocycles. The lowest BCUT2D eigenvalue weighted by molar-refractivity contribution is 0.0457. The van der Waals surface area contributed by atoms with E-state index in [1.54, 1.807) is 17.0 Å². The highest BCUT2D eigenvalue weighted by Gasteiger charge is 2.31. The number of thiophene rings is 1. The van der Waals surface area contributed by atoms with Gasteiger partial charge in [0.2, 0.25) is 0 Å². The average Bonchev–Trinajstić information content (AvgIpc) is 2.64. The number of hydrogen-bond donors (Lipinski definition) is 0. The molecule has 0 atom stereocenters. The minimum atomic E-state index is -0.368. The van der Waals surface area contributed by atoms with E-state index < -0.39 is 0 Å². The molecular weight excluding hydrogens is 229 g/mol. The first-order valence-electron chi connectivity index (χ1n) is 5.08. The first-order chi connectivity index (χ1) is 7.61. The van der Waals surface area contributed by atoms with Crippen LogP contribution in [0.25, 0.3) is 0 Å². The van der Waals surface area contributed by atoms with Crippen LogP contribution in [-0.2, 0) is 0 Å². The molecule has 2 rings (SSSR count). The van der Waals surface area contributed by atoms with Crippen molar-refractivity contribution in [3.05, 3.63) is 21.9 Å². The lowest BCUT2D eigenvalue weighted by Crippen LogP contribution is -2.50. The third-order valence-electron chi connectivity index (χ3n) is 2.63. The van der Waals surface area contributed by atoms with Gasteiger partial charge >= 0.3 is 0 Å². The van der Waals surface area contributed by atoms with Crippen LogP contribution in [0, 0.1) is 5.92 Å². The van der Waals surface area contributed by atoms with Gasteiger partial charge in [0.05, 0.1) is 16.4 Å². The van der Waals surface area contributed by atoms with Gasteiger partial charge in [0, 0.05) is 19.0 Å². The topological polar surface area (TPSA) is 37.4 Å². The molecule has 0 spiro atoms. The smallest absolute Gasteiger partial charge is 0.263 e. The predicted molar refractivity (Wildman–Crippen MR) is 59.7 cm³/mol. The van der Waals surface area contributed by atoms with Gasteiger partial charge in [-0.05, 0) is 19.1 Å². The van der Waals surface area contributed by atoms with Gasteiger partial charge in [-0.1, -0.05) is 0 Å². The zero-order valence-corrected chi connectivity index (χ0v) is 9.72. The van der Waals surface area contributed by atoms with E-state index >= 15 is 0 Å². The van der Waals surface area contributed by atoms with Gasteiger partial charge in [-0.3, -0.25) is 14.0 Å². The SMILES string of the molecule is CC(=O)c1ccc(C(=O)N2CC(CF)C2)s1. The molecule has 5 heteroatoms. The Labute approximate surface area is 96.9 Å². The molecule has 1 aliphatic rings. The first kappa shape index (κ1) is 11.3. The van der Waals surface area contributed by atoms with E-state index in [0.717, 1.165) is 0 Å². The summed E-state index contributed by atoms with van der Waals surface area (Å²) in [5.41, 5.74) is 0. The summed E-state index contributed by atoms with van der Waals surface area (Å²) < 4.78 is 12.2. The highest BCUT2D eigenvalue weighted by atomic mass is 32.1. The molecule has 3 nitrogen and oxygen atoms in total. The Hall–Kier alpha value is -1.23. The minimum absolute atomic E-state index is 0.00353. The maximum Gasteiger partial charge on any atom is 0.263 e. The summed E-state index contributed by atoms with van der Waals surface area (Å²) in [4.78, 5) is 25.7. The van der Waals surface area contributed by atoms with Gasteiger partial charge in [0.1, 0.15) is 0 Å². The van der Waals surface area contributed by atoms with Crippen molar-refractivity contribution in [2.75, 3.05) is 19.8 Å². The van der Waals surface area contributed by atoms with E-state index in [2.05, 4.69) is 0 Å². The highest BCUT2D eigenvalue weighted by molar-refractivity contribution is 7.15. The van der Waals surface area contributed by atoms with E-state index in [-0.39, 0.29) is 24.3 Å². The number of carbonyl (C=O) groups is 2. The summed E-state index contributed by atoms with van der Waals surface area (Å²) >= 11 is 1.20. The number of ketones is 1. The van der Waals surface area contributed by atoms with Crippen LogP contribution in [0.5, 0.6) is 0 Å². The van der Waals surface area contributed by atoms with Gasteiger partial charge in [-0.25, -0.2) is 0 Å². The molecule has 0 radical (unpaired) electrons. The quantitative estimate of drug-likeness (QED) is 0.759. The lowest BCUT2D eigenvalue weighted by Gasteiger charge is -2.37. The van der Waals surface area contributed by atoms with Crippen LogP contribution in [-0.4, -0.2) is 36.4 Å². The number of amides is 1. The summed E-state index contributed by atoms with van der Waals surface area (Å²) in [6.07, 6.45) is 0. The normalized spacial score (nSPS) is 16.0. The number of hydrogen-bond acceptors (Lipinski definition) is 3. The maximum absolute atomic E-state index is 12.2. The maximum atomic E-state index is 12.2. The molecule has 1 fully saturated rings. The molecule has 1 amide bonds. The molecule has 0 unspecified atom stereocenters. The molecule has 0 saturated carbocycles. The van der Waals surface area contributed by atoms with Crippen molar-refractivity contribution in [1.82, 2.24) is 4.90 Å². The van der Waals surface area contributed by atoms with Gasteiger partial charge < -0.3 is 4.90 Å². The molecule has 1 aliphatic heterocycles. The van der Waals surface area contributed by atoms with Crippen molar-refractivity contribution >= 4 is 23.0 Å². The third-order valence-corrected chi connectivity index (χ3v) is 3.80. The van der Waals surface area contributed by atoms with Crippen molar-refractivity contribution in [1.29, 1.82) is 0 Å². The van der Waals surface area contributed by atoms with E-state index in [0.29, 0.717) is 22.8 Å². The number of carbonyl (C=O) groups excluding carboxylic acids is 2. The van der Waals surface area contributed by atoms with Gasteiger partial charge in [0.25, 0.3) is 5.91 Å². The fourth-order valence-corrected chi connectivity index (χ4v) is 2.50. The van der Waals surface area contributed by atoms with Crippen molar-refractivity contribution in [3.63, 3.8) is 0 Å². The molecule has 0 aliphatic carbocycles. The highest BCUT2D eigenvalue weighted by Crippen LogP contribution is 2.23. The van der Waals surface area contributed by atoms with Crippen molar-refractivity contribution in [3.8, 4) is 0 Å². The minimum Gasteiger partial charge on any atom is -0.337 e.